The second kappa shape index (κ2) is 4.40. The van der Waals surface area contributed by atoms with Crippen LogP contribution in [0.25, 0.3) is 10.9 Å². The van der Waals surface area contributed by atoms with Crippen LogP contribution in [-0.2, 0) is 10.0 Å². The second-order valence-corrected chi connectivity index (χ2v) is 6.63. The van der Waals surface area contributed by atoms with E-state index in [9.17, 15) is 8.42 Å². The van der Waals surface area contributed by atoms with E-state index in [0.717, 1.165) is 30.2 Å². The molecule has 0 amide bonds. The first-order valence-electron chi connectivity index (χ1n) is 6.25. The third-order valence-electron chi connectivity index (χ3n) is 3.48. The van der Waals surface area contributed by atoms with E-state index in [-0.39, 0.29) is 0 Å². The third kappa shape index (κ3) is 1.93. The van der Waals surface area contributed by atoms with Crippen LogP contribution in [-0.4, -0.2) is 30.8 Å². The molecule has 3 rings (SSSR count). The molecule has 18 heavy (non-hydrogen) atoms. The van der Waals surface area contributed by atoms with Crippen LogP contribution in [0.4, 0.5) is 0 Å². The Kier molecular flexibility index (Phi) is 2.87. The highest BCUT2D eigenvalue weighted by Crippen LogP contribution is 2.23. The molecule has 2 aromatic rings. The number of nitrogens with one attached hydrogen (secondary N) is 1. The number of sulfonamides is 1. The molecule has 2 heterocycles. The highest BCUT2D eigenvalue weighted by molar-refractivity contribution is 7.89. The first-order chi connectivity index (χ1) is 8.68. The number of H-pyrrole nitrogens is 1. The smallest absolute Gasteiger partial charge is 0.243 e. The quantitative estimate of drug-likeness (QED) is 0.905. The van der Waals surface area contributed by atoms with E-state index in [1.165, 1.54) is 0 Å². The van der Waals surface area contributed by atoms with E-state index >= 15 is 0 Å². The zero-order valence-corrected chi connectivity index (χ0v) is 10.9. The van der Waals surface area contributed by atoms with Crippen molar-refractivity contribution in [3.63, 3.8) is 0 Å². The number of aromatic nitrogens is 1. The summed E-state index contributed by atoms with van der Waals surface area (Å²) in [5.41, 5.74) is 0.965. The second-order valence-electron chi connectivity index (χ2n) is 4.69. The van der Waals surface area contributed by atoms with Crippen LogP contribution in [0.15, 0.2) is 35.4 Å². The zero-order valence-electron chi connectivity index (χ0n) is 10.1. The summed E-state index contributed by atoms with van der Waals surface area (Å²) in [5.74, 6) is 0. The largest absolute Gasteiger partial charge is 0.361 e. The van der Waals surface area contributed by atoms with E-state index in [4.69, 9.17) is 0 Å². The van der Waals surface area contributed by atoms with Gasteiger partial charge in [0.25, 0.3) is 0 Å². The Morgan fingerprint density at radius 1 is 1.06 bits per heavy atom. The van der Waals surface area contributed by atoms with Crippen LogP contribution in [0.2, 0.25) is 0 Å². The van der Waals surface area contributed by atoms with Crippen LogP contribution in [0.3, 0.4) is 0 Å². The molecule has 0 radical (unpaired) electrons. The maximum absolute atomic E-state index is 12.5. The topological polar surface area (TPSA) is 53.2 Å². The SMILES string of the molecule is O=S(=O)(c1ccc2[nH]ccc2c1)N1CCCCC1. The van der Waals surface area contributed by atoms with Crippen LogP contribution in [0, 0.1) is 0 Å². The summed E-state index contributed by atoms with van der Waals surface area (Å²) in [6.07, 6.45) is 4.88. The Morgan fingerprint density at radius 2 is 1.83 bits per heavy atom. The van der Waals surface area contributed by atoms with Gasteiger partial charge in [0.2, 0.25) is 10.0 Å². The van der Waals surface area contributed by atoms with Gasteiger partial charge in [-0.2, -0.15) is 4.31 Å². The van der Waals surface area contributed by atoms with Crippen molar-refractivity contribution >= 4 is 20.9 Å². The average molecular weight is 264 g/mol. The lowest BCUT2D eigenvalue weighted by Gasteiger charge is -2.25. The molecule has 96 valence electrons. The summed E-state index contributed by atoms with van der Waals surface area (Å²) < 4.78 is 26.5. The fraction of sp³-hybridized carbons (Fsp3) is 0.385. The molecule has 1 aliphatic heterocycles. The summed E-state index contributed by atoms with van der Waals surface area (Å²) in [6.45, 7) is 1.29. The lowest BCUT2D eigenvalue weighted by Crippen LogP contribution is -2.35. The number of piperidine rings is 1. The van der Waals surface area contributed by atoms with E-state index in [2.05, 4.69) is 4.98 Å². The van der Waals surface area contributed by atoms with Gasteiger partial charge < -0.3 is 4.98 Å². The highest BCUT2D eigenvalue weighted by atomic mass is 32.2. The van der Waals surface area contributed by atoms with Crippen molar-refractivity contribution in [2.24, 2.45) is 0 Å². The summed E-state index contributed by atoms with van der Waals surface area (Å²) in [6, 6.07) is 7.15. The lowest BCUT2D eigenvalue weighted by molar-refractivity contribution is 0.346. The number of hydrogen-bond donors (Lipinski definition) is 1. The predicted octanol–water partition coefficient (Wildman–Crippen LogP) is 2.34. The predicted molar refractivity (Wildman–Crippen MR) is 70.9 cm³/mol. The first-order valence-corrected chi connectivity index (χ1v) is 7.69. The van der Waals surface area contributed by atoms with Crippen LogP contribution < -0.4 is 0 Å². The molecule has 4 nitrogen and oxygen atoms in total. The Morgan fingerprint density at radius 3 is 2.61 bits per heavy atom. The molecule has 0 aliphatic carbocycles. The van der Waals surface area contributed by atoms with Gasteiger partial charge in [-0.05, 0) is 37.1 Å². The first kappa shape index (κ1) is 11.7. The molecule has 0 saturated carbocycles. The molecule has 1 aromatic carbocycles. The fourth-order valence-electron chi connectivity index (χ4n) is 2.45. The minimum Gasteiger partial charge on any atom is -0.361 e. The minimum atomic E-state index is -3.31. The Bertz CT molecular complexity index is 654. The summed E-state index contributed by atoms with van der Waals surface area (Å²) in [5, 5.41) is 0.938. The standard InChI is InChI=1S/C13H16N2O2S/c16-18(17,15-8-2-1-3-9-15)12-4-5-13-11(10-12)6-7-14-13/h4-7,10,14H,1-3,8-9H2. The third-order valence-corrected chi connectivity index (χ3v) is 5.37. The summed E-state index contributed by atoms with van der Waals surface area (Å²) in [4.78, 5) is 3.47. The lowest BCUT2D eigenvalue weighted by atomic mass is 10.2. The van der Waals surface area contributed by atoms with Gasteiger partial charge in [0.05, 0.1) is 4.90 Å². The van der Waals surface area contributed by atoms with E-state index in [1.807, 2.05) is 18.3 Å². The van der Waals surface area contributed by atoms with Gasteiger partial charge in [-0.25, -0.2) is 8.42 Å². The molecule has 1 fully saturated rings. The van der Waals surface area contributed by atoms with Crippen molar-refractivity contribution < 1.29 is 8.42 Å². The maximum atomic E-state index is 12.5. The number of fused-ring (bicyclic) bond motifs is 1. The normalized spacial score (nSPS) is 18.2. The Labute approximate surface area is 107 Å². The van der Waals surface area contributed by atoms with Gasteiger partial charge in [0.15, 0.2) is 0 Å². The monoisotopic (exact) mass is 264 g/mol. The molecule has 1 aromatic heterocycles. The molecule has 1 aliphatic rings. The number of benzene rings is 1. The van der Waals surface area contributed by atoms with Gasteiger partial charge >= 0.3 is 0 Å². The number of nitrogens with zero attached hydrogens (tertiary/aromatic N) is 1. The van der Waals surface area contributed by atoms with Crippen LogP contribution in [0.5, 0.6) is 0 Å². The molecule has 1 saturated heterocycles. The molecule has 0 spiro atoms. The number of rotatable bonds is 2. The van der Waals surface area contributed by atoms with Crippen molar-refractivity contribution in [1.82, 2.24) is 9.29 Å². The van der Waals surface area contributed by atoms with Gasteiger partial charge in [-0.15, -0.1) is 0 Å². The molecule has 0 bridgehead atoms. The molecule has 5 heteroatoms. The van der Waals surface area contributed by atoms with E-state index in [1.54, 1.807) is 16.4 Å². The minimum absolute atomic E-state index is 0.400. The van der Waals surface area contributed by atoms with Crippen LogP contribution >= 0.6 is 0 Å². The molecular weight excluding hydrogens is 248 g/mol. The highest BCUT2D eigenvalue weighted by Gasteiger charge is 2.25. The number of aromatic amines is 1. The zero-order chi connectivity index (χ0) is 12.6. The van der Waals surface area contributed by atoms with Crippen LogP contribution in [0.1, 0.15) is 19.3 Å². The Hall–Kier alpha value is -1.33. The Balaban J connectivity index is 2.01. The van der Waals surface area contributed by atoms with E-state index in [0.29, 0.717) is 18.0 Å². The fourth-order valence-corrected chi connectivity index (χ4v) is 4.00. The van der Waals surface area contributed by atoms with Gasteiger partial charge in [0.1, 0.15) is 0 Å². The summed E-state index contributed by atoms with van der Waals surface area (Å²) in [7, 11) is -3.31. The van der Waals surface area contributed by atoms with Crippen molar-refractivity contribution in [2.45, 2.75) is 24.2 Å². The van der Waals surface area contributed by atoms with Crippen molar-refractivity contribution in [1.29, 1.82) is 0 Å². The van der Waals surface area contributed by atoms with Gasteiger partial charge in [-0.1, -0.05) is 6.42 Å². The molecule has 1 N–H and O–H groups in total. The van der Waals surface area contributed by atoms with Crippen molar-refractivity contribution in [2.75, 3.05) is 13.1 Å². The number of hydrogen-bond acceptors (Lipinski definition) is 2. The van der Waals surface area contributed by atoms with Crippen molar-refractivity contribution in [3.05, 3.63) is 30.5 Å². The van der Waals surface area contributed by atoms with Gasteiger partial charge in [0, 0.05) is 30.2 Å². The van der Waals surface area contributed by atoms with Crippen molar-refractivity contribution in [3.8, 4) is 0 Å². The van der Waals surface area contributed by atoms with Gasteiger partial charge in [-0.3, -0.25) is 0 Å². The average Bonchev–Trinajstić information content (AvgIpc) is 2.87. The molecule has 0 unspecified atom stereocenters. The maximum Gasteiger partial charge on any atom is 0.243 e. The molecular formula is C13H16N2O2S. The molecule has 0 atom stereocenters. The summed E-state index contributed by atoms with van der Waals surface area (Å²) >= 11 is 0. The van der Waals surface area contributed by atoms with E-state index < -0.39 is 10.0 Å².